The van der Waals surface area contributed by atoms with Crippen LogP contribution in [0.5, 0.6) is 0 Å². The molecule has 0 amide bonds. The SMILES string of the molecule is CC1CC(C)CN(c2ccnc(CNC3CC3)c2)C1. The van der Waals surface area contributed by atoms with Crippen LogP contribution in [0.2, 0.25) is 0 Å². The number of nitrogens with zero attached hydrogens (tertiary/aromatic N) is 2. The van der Waals surface area contributed by atoms with Crippen molar-refractivity contribution in [3.63, 3.8) is 0 Å². The van der Waals surface area contributed by atoms with E-state index in [-0.39, 0.29) is 0 Å². The number of piperidine rings is 1. The normalized spacial score (nSPS) is 27.6. The predicted octanol–water partition coefficient (Wildman–Crippen LogP) is 2.82. The minimum absolute atomic E-state index is 0.750. The fraction of sp³-hybridized carbons (Fsp3) is 0.688. The lowest BCUT2D eigenvalue weighted by molar-refractivity contribution is 0.357. The summed E-state index contributed by atoms with van der Waals surface area (Å²) in [5.41, 5.74) is 2.52. The van der Waals surface area contributed by atoms with Crippen LogP contribution < -0.4 is 10.2 Å². The molecule has 2 aliphatic rings. The maximum atomic E-state index is 4.48. The van der Waals surface area contributed by atoms with Crippen molar-refractivity contribution in [1.82, 2.24) is 10.3 Å². The molecule has 1 saturated carbocycles. The first-order valence-corrected chi connectivity index (χ1v) is 7.64. The highest BCUT2D eigenvalue weighted by molar-refractivity contribution is 5.47. The van der Waals surface area contributed by atoms with Gasteiger partial charge in [0.05, 0.1) is 5.69 Å². The maximum absolute atomic E-state index is 4.48. The van der Waals surface area contributed by atoms with Gasteiger partial charge in [0.25, 0.3) is 0 Å². The first kappa shape index (κ1) is 12.9. The fourth-order valence-electron chi connectivity index (χ4n) is 3.17. The minimum Gasteiger partial charge on any atom is -0.371 e. The molecule has 19 heavy (non-hydrogen) atoms. The van der Waals surface area contributed by atoms with Crippen molar-refractivity contribution in [2.24, 2.45) is 11.8 Å². The highest BCUT2D eigenvalue weighted by Crippen LogP contribution is 2.26. The van der Waals surface area contributed by atoms with Gasteiger partial charge in [0, 0.05) is 37.6 Å². The van der Waals surface area contributed by atoms with Crippen molar-refractivity contribution in [2.75, 3.05) is 18.0 Å². The molecule has 2 fully saturated rings. The molecule has 104 valence electrons. The molecule has 1 aliphatic carbocycles. The summed E-state index contributed by atoms with van der Waals surface area (Å²) in [6.07, 6.45) is 5.99. The van der Waals surface area contributed by atoms with Gasteiger partial charge in [-0.25, -0.2) is 0 Å². The lowest BCUT2D eigenvalue weighted by Gasteiger charge is -2.36. The van der Waals surface area contributed by atoms with E-state index in [1.165, 1.54) is 43.7 Å². The molecule has 1 aromatic heterocycles. The molecule has 2 atom stereocenters. The summed E-state index contributed by atoms with van der Waals surface area (Å²) in [6.45, 7) is 8.00. The van der Waals surface area contributed by atoms with Crippen molar-refractivity contribution in [3.8, 4) is 0 Å². The highest BCUT2D eigenvalue weighted by atomic mass is 15.1. The molecule has 3 rings (SSSR count). The van der Waals surface area contributed by atoms with E-state index in [9.17, 15) is 0 Å². The van der Waals surface area contributed by atoms with Crippen LogP contribution in [0, 0.1) is 11.8 Å². The second kappa shape index (κ2) is 5.49. The molecule has 0 bridgehead atoms. The van der Waals surface area contributed by atoms with Gasteiger partial charge in [-0.05, 0) is 43.2 Å². The zero-order chi connectivity index (χ0) is 13.2. The molecule has 1 saturated heterocycles. The molecule has 2 unspecified atom stereocenters. The van der Waals surface area contributed by atoms with E-state index in [1.54, 1.807) is 0 Å². The van der Waals surface area contributed by atoms with E-state index in [0.717, 1.165) is 24.4 Å². The van der Waals surface area contributed by atoms with Crippen LogP contribution in [0.25, 0.3) is 0 Å². The Kier molecular flexibility index (Phi) is 3.74. The van der Waals surface area contributed by atoms with Crippen molar-refractivity contribution in [2.45, 2.75) is 45.7 Å². The first-order chi connectivity index (χ1) is 9.20. The van der Waals surface area contributed by atoms with Gasteiger partial charge in [-0.2, -0.15) is 0 Å². The van der Waals surface area contributed by atoms with Gasteiger partial charge in [-0.3, -0.25) is 4.98 Å². The van der Waals surface area contributed by atoms with E-state index in [1.807, 2.05) is 6.20 Å². The number of nitrogens with one attached hydrogen (secondary N) is 1. The fourth-order valence-corrected chi connectivity index (χ4v) is 3.17. The largest absolute Gasteiger partial charge is 0.371 e. The van der Waals surface area contributed by atoms with Gasteiger partial charge in [0.1, 0.15) is 0 Å². The topological polar surface area (TPSA) is 28.2 Å². The molecule has 0 radical (unpaired) electrons. The van der Waals surface area contributed by atoms with Crippen molar-refractivity contribution >= 4 is 5.69 Å². The van der Waals surface area contributed by atoms with Crippen molar-refractivity contribution in [3.05, 3.63) is 24.0 Å². The smallest absolute Gasteiger partial charge is 0.0562 e. The molecule has 1 aliphatic heterocycles. The average molecular weight is 259 g/mol. The Bertz CT molecular complexity index is 418. The molecule has 2 heterocycles. The van der Waals surface area contributed by atoms with Gasteiger partial charge in [0.15, 0.2) is 0 Å². The van der Waals surface area contributed by atoms with Gasteiger partial charge >= 0.3 is 0 Å². The number of pyridine rings is 1. The monoisotopic (exact) mass is 259 g/mol. The summed E-state index contributed by atoms with van der Waals surface area (Å²) in [5, 5.41) is 3.54. The van der Waals surface area contributed by atoms with Gasteiger partial charge in [-0.15, -0.1) is 0 Å². The van der Waals surface area contributed by atoms with E-state index in [0.29, 0.717) is 0 Å². The first-order valence-electron chi connectivity index (χ1n) is 7.64. The van der Waals surface area contributed by atoms with E-state index in [2.05, 4.69) is 41.2 Å². The number of hydrogen-bond acceptors (Lipinski definition) is 3. The molecule has 0 spiro atoms. The standard InChI is InChI=1S/C16H25N3/c1-12-7-13(2)11-19(10-12)16-5-6-17-15(8-16)9-18-14-3-4-14/h5-6,8,12-14,18H,3-4,7,9-11H2,1-2H3. The summed E-state index contributed by atoms with van der Waals surface area (Å²) < 4.78 is 0. The maximum Gasteiger partial charge on any atom is 0.0562 e. The molecule has 3 nitrogen and oxygen atoms in total. The van der Waals surface area contributed by atoms with E-state index in [4.69, 9.17) is 0 Å². The third-order valence-electron chi connectivity index (χ3n) is 4.18. The van der Waals surface area contributed by atoms with E-state index < -0.39 is 0 Å². The molecule has 0 aromatic carbocycles. The van der Waals surface area contributed by atoms with Gasteiger partial charge < -0.3 is 10.2 Å². The van der Waals surface area contributed by atoms with Crippen LogP contribution in [-0.4, -0.2) is 24.1 Å². The van der Waals surface area contributed by atoms with Crippen LogP contribution in [0.15, 0.2) is 18.3 Å². The number of rotatable bonds is 4. The molecular formula is C16H25N3. The Hall–Kier alpha value is -1.09. The number of hydrogen-bond donors (Lipinski definition) is 1. The van der Waals surface area contributed by atoms with Crippen LogP contribution >= 0.6 is 0 Å². The Morgan fingerprint density at radius 2 is 2.00 bits per heavy atom. The molecule has 3 heteroatoms. The van der Waals surface area contributed by atoms with Gasteiger partial charge in [-0.1, -0.05) is 13.8 Å². The lowest BCUT2D eigenvalue weighted by atomic mass is 9.91. The number of anilines is 1. The van der Waals surface area contributed by atoms with E-state index >= 15 is 0 Å². The van der Waals surface area contributed by atoms with Crippen LogP contribution in [0.1, 0.15) is 38.8 Å². The second-order valence-corrected chi connectivity index (χ2v) is 6.51. The summed E-state index contributed by atoms with van der Waals surface area (Å²) in [5.74, 6) is 1.59. The quantitative estimate of drug-likeness (QED) is 0.901. The number of aromatic nitrogens is 1. The Morgan fingerprint density at radius 3 is 2.68 bits per heavy atom. The molecular weight excluding hydrogens is 234 g/mol. The van der Waals surface area contributed by atoms with Crippen molar-refractivity contribution in [1.29, 1.82) is 0 Å². The lowest BCUT2D eigenvalue weighted by Crippen LogP contribution is -2.38. The summed E-state index contributed by atoms with van der Waals surface area (Å²) in [4.78, 5) is 7.01. The second-order valence-electron chi connectivity index (χ2n) is 6.51. The Morgan fingerprint density at radius 1 is 1.26 bits per heavy atom. The van der Waals surface area contributed by atoms with Gasteiger partial charge in [0.2, 0.25) is 0 Å². The summed E-state index contributed by atoms with van der Waals surface area (Å²) in [7, 11) is 0. The van der Waals surface area contributed by atoms with Crippen LogP contribution in [-0.2, 0) is 6.54 Å². The predicted molar refractivity (Wildman–Crippen MR) is 79.3 cm³/mol. The average Bonchev–Trinajstić information content (AvgIpc) is 3.20. The summed E-state index contributed by atoms with van der Waals surface area (Å²) >= 11 is 0. The molecule has 1 N–H and O–H groups in total. The third kappa shape index (κ3) is 3.47. The molecule has 1 aromatic rings. The van der Waals surface area contributed by atoms with Crippen LogP contribution in [0.3, 0.4) is 0 Å². The Balaban J connectivity index is 1.66. The highest BCUT2D eigenvalue weighted by Gasteiger charge is 2.23. The van der Waals surface area contributed by atoms with Crippen molar-refractivity contribution < 1.29 is 0 Å². The summed E-state index contributed by atoms with van der Waals surface area (Å²) in [6, 6.07) is 5.17. The zero-order valence-corrected chi connectivity index (χ0v) is 12.1. The van der Waals surface area contributed by atoms with Crippen LogP contribution in [0.4, 0.5) is 5.69 Å². The third-order valence-corrected chi connectivity index (χ3v) is 4.18. The zero-order valence-electron chi connectivity index (χ0n) is 12.1. The minimum atomic E-state index is 0.750. The Labute approximate surface area is 116 Å².